The summed E-state index contributed by atoms with van der Waals surface area (Å²) in [5.74, 6) is 1.36. The molecule has 3 fully saturated rings. The first-order valence-electron chi connectivity index (χ1n) is 7.38. The highest BCUT2D eigenvalue weighted by Crippen LogP contribution is 2.71. The summed E-state index contributed by atoms with van der Waals surface area (Å²) in [6.45, 7) is 8.41. The van der Waals surface area contributed by atoms with Crippen LogP contribution >= 0.6 is 0 Å². The van der Waals surface area contributed by atoms with Crippen LogP contribution in [0.3, 0.4) is 0 Å². The van der Waals surface area contributed by atoms with Crippen molar-refractivity contribution in [2.24, 2.45) is 17.8 Å². The maximum absolute atomic E-state index is 10.7. The van der Waals surface area contributed by atoms with E-state index in [2.05, 4.69) is 20.8 Å². The molecule has 3 rings (SSSR count). The first-order valence-corrected chi connectivity index (χ1v) is 7.38. The molecule has 0 amide bonds. The fourth-order valence-corrected chi connectivity index (χ4v) is 4.88. The van der Waals surface area contributed by atoms with E-state index in [1.165, 1.54) is 6.42 Å². The molecule has 0 aromatic rings. The molecule has 1 heterocycles. The van der Waals surface area contributed by atoms with Crippen molar-refractivity contribution in [2.75, 3.05) is 0 Å². The maximum Gasteiger partial charge on any atom is 0.130 e. The van der Waals surface area contributed by atoms with Gasteiger partial charge in [-0.25, -0.2) is 0 Å². The summed E-state index contributed by atoms with van der Waals surface area (Å²) in [6.07, 6.45) is 3.08. The van der Waals surface area contributed by atoms with E-state index in [0.29, 0.717) is 24.2 Å². The lowest BCUT2D eigenvalue weighted by Gasteiger charge is -2.48. The molecular weight excluding hydrogens is 228 g/mol. The Morgan fingerprint density at radius 2 is 1.89 bits per heavy atom. The molecule has 0 radical (unpaired) electrons. The summed E-state index contributed by atoms with van der Waals surface area (Å²) in [5.41, 5.74) is -1.62. The maximum atomic E-state index is 10.7. The summed E-state index contributed by atoms with van der Waals surface area (Å²) in [4.78, 5) is 0. The molecule has 6 unspecified atom stereocenters. The highest BCUT2D eigenvalue weighted by Gasteiger charge is 2.83. The minimum atomic E-state index is -0.996. The predicted octanol–water partition coefficient (Wildman–Crippen LogP) is 2.10. The Morgan fingerprint density at radius 3 is 2.50 bits per heavy atom. The van der Waals surface area contributed by atoms with Crippen molar-refractivity contribution >= 4 is 0 Å². The Kier molecular flexibility index (Phi) is 2.51. The molecule has 0 aromatic heterocycles. The number of hydrogen-bond donors (Lipinski definition) is 2. The molecule has 1 saturated heterocycles. The first-order chi connectivity index (χ1) is 8.28. The van der Waals surface area contributed by atoms with Crippen LogP contribution in [-0.2, 0) is 4.74 Å². The molecule has 3 heteroatoms. The van der Waals surface area contributed by atoms with E-state index in [1.807, 2.05) is 0 Å². The molecule has 2 N–H and O–H groups in total. The lowest BCUT2D eigenvalue weighted by Crippen LogP contribution is -2.62. The van der Waals surface area contributed by atoms with Gasteiger partial charge < -0.3 is 14.9 Å². The largest absolute Gasteiger partial charge is 0.387 e. The third-order valence-corrected chi connectivity index (χ3v) is 6.03. The molecule has 1 aliphatic heterocycles. The molecule has 0 spiro atoms. The SMILES string of the molecule is CC(C)C1CCC(C)C23CCC(C)(O)C(O)C12O3. The second-order valence-electron chi connectivity index (χ2n) is 7.37. The van der Waals surface area contributed by atoms with E-state index >= 15 is 0 Å². The Balaban J connectivity index is 2.02. The Labute approximate surface area is 110 Å². The summed E-state index contributed by atoms with van der Waals surface area (Å²) in [5, 5.41) is 21.1. The second-order valence-corrected chi connectivity index (χ2v) is 7.37. The standard InChI is InChI=1S/C15H26O3/c1-9(2)11-6-5-10(3)14-8-7-13(4,17)12(16)15(11,14)18-14/h9-12,16-17H,5-8H2,1-4H3. The third-order valence-electron chi connectivity index (χ3n) is 6.03. The van der Waals surface area contributed by atoms with Gasteiger partial charge in [0.15, 0.2) is 0 Å². The summed E-state index contributed by atoms with van der Waals surface area (Å²) in [6, 6.07) is 0. The molecule has 3 nitrogen and oxygen atoms in total. The van der Waals surface area contributed by atoms with Gasteiger partial charge in [-0.15, -0.1) is 0 Å². The van der Waals surface area contributed by atoms with Crippen molar-refractivity contribution in [3.05, 3.63) is 0 Å². The molecule has 3 aliphatic rings. The van der Waals surface area contributed by atoms with E-state index in [1.54, 1.807) is 6.92 Å². The van der Waals surface area contributed by atoms with Gasteiger partial charge in [0.2, 0.25) is 0 Å². The van der Waals surface area contributed by atoms with Crippen LogP contribution in [0.4, 0.5) is 0 Å². The molecule has 0 aromatic carbocycles. The second kappa shape index (κ2) is 3.50. The Morgan fingerprint density at radius 1 is 1.22 bits per heavy atom. The van der Waals surface area contributed by atoms with Gasteiger partial charge in [-0.3, -0.25) is 0 Å². The molecule has 104 valence electrons. The van der Waals surface area contributed by atoms with Crippen LogP contribution in [0.1, 0.15) is 53.4 Å². The lowest BCUT2D eigenvalue weighted by atomic mass is 9.55. The van der Waals surface area contributed by atoms with Gasteiger partial charge >= 0.3 is 0 Å². The number of aliphatic hydroxyl groups is 2. The van der Waals surface area contributed by atoms with E-state index in [-0.39, 0.29) is 5.60 Å². The average Bonchev–Trinajstić information content (AvgIpc) is 2.98. The van der Waals surface area contributed by atoms with Crippen LogP contribution < -0.4 is 0 Å². The monoisotopic (exact) mass is 254 g/mol. The van der Waals surface area contributed by atoms with Crippen molar-refractivity contribution in [2.45, 2.75) is 76.3 Å². The number of aliphatic hydroxyl groups excluding tert-OH is 1. The van der Waals surface area contributed by atoms with Crippen molar-refractivity contribution < 1.29 is 14.9 Å². The van der Waals surface area contributed by atoms with E-state index in [4.69, 9.17) is 4.74 Å². The number of ether oxygens (including phenoxy) is 1. The highest BCUT2D eigenvalue weighted by molar-refractivity contribution is 5.31. The van der Waals surface area contributed by atoms with Gasteiger partial charge in [0.1, 0.15) is 17.3 Å². The zero-order chi connectivity index (χ0) is 13.3. The van der Waals surface area contributed by atoms with E-state index in [0.717, 1.165) is 12.8 Å². The smallest absolute Gasteiger partial charge is 0.130 e. The third kappa shape index (κ3) is 1.26. The molecule has 2 saturated carbocycles. The van der Waals surface area contributed by atoms with Crippen LogP contribution in [0.15, 0.2) is 0 Å². The molecule has 6 atom stereocenters. The number of rotatable bonds is 1. The average molecular weight is 254 g/mol. The van der Waals surface area contributed by atoms with Crippen LogP contribution in [0.5, 0.6) is 0 Å². The fourth-order valence-electron chi connectivity index (χ4n) is 4.88. The number of hydrogen-bond acceptors (Lipinski definition) is 3. The van der Waals surface area contributed by atoms with Gasteiger partial charge in [-0.1, -0.05) is 20.8 Å². The topological polar surface area (TPSA) is 53.0 Å². The lowest BCUT2D eigenvalue weighted by molar-refractivity contribution is -0.135. The Hall–Kier alpha value is -0.120. The van der Waals surface area contributed by atoms with Crippen molar-refractivity contribution in [1.82, 2.24) is 0 Å². The molecular formula is C15H26O3. The van der Waals surface area contributed by atoms with Crippen LogP contribution in [0, 0.1) is 17.8 Å². The van der Waals surface area contributed by atoms with Gasteiger partial charge in [0, 0.05) is 0 Å². The van der Waals surface area contributed by atoms with Gasteiger partial charge in [0.25, 0.3) is 0 Å². The van der Waals surface area contributed by atoms with Crippen LogP contribution in [-0.4, -0.2) is 33.1 Å². The van der Waals surface area contributed by atoms with E-state index < -0.39 is 17.3 Å². The minimum Gasteiger partial charge on any atom is -0.387 e. The zero-order valence-electron chi connectivity index (χ0n) is 11.9. The zero-order valence-corrected chi connectivity index (χ0v) is 11.9. The number of epoxide rings is 1. The molecule has 2 aliphatic carbocycles. The minimum absolute atomic E-state index is 0.151. The normalized spacial score (nSPS) is 59.2. The van der Waals surface area contributed by atoms with Gasteiger partial charge in [-0.05, 0) is 50.4 Å². The molecule has 0 bridgehead atoms. The Bertz CT molecular complexity index is 361. The highest BCUT2D eigenvalue weighted by atomic mass is 16.6. The summed E-state index contributed by atoms with van der Waals surface area (Å²) in [7, 11) is 0. The summed E-state index contributed by atoms with van der Waals surface area (Å²) >= 11 is 0. The van der Waals surface area contributed by atoms with Crippen molar-refractivity contribution in [3.8, 4) is 0 Å². The van der Waals surface area contributed by atoms with Crippen molar-refractivity contribution in [1.29, 1.82) is 0 Å². The van der Waals surface area contributed by atoms with E-state index in [9.17, 15) is 10.2 Å². The predicted molar refractivity (Wildman–Crippen MR) is 69.1 cm³/mol. The van der Waals surface area contributed by atoms with Gasteiger partial charge in [0.05, 0.1) is 5.60 Å². The molecule has 18 heavy (non-hydrogen) atoms. The van der Waals surface area contributed by atoms with Crippen LogP contribution in [0.2, 0.25) is 0 Å². The summed E-state index contributed by atoms with van der Waals surface area (Å²) < 4.78 is 6.24. The fraction of sp³-hybridized carbons (Fsp3) is 1.00. The quantitative estimate of drug-likeness (QED) is 0.705. The van der Waals surface area contributed by atoms with Gasteiger partial charge in [-0.2, -0.15) is 0 Å². The van der Waals surface area contributed by atoms with Crippen molar-refractivity contribution in [3.63, 3.8) is 0 Å². The van der Waals surface area contributed by atoms with Crippen LogP contribution in [0.25, 0.3) is 0 Å². The first kappa shape index (κ1) is 12.9.